The number of phenols is 1. The van der Waals surface area contributed by atoms with Crippen molar-refractivity contribution in [1.29, 1.82) is 0 Å². The van der Waals surface area contributed by atoms with Crippen LogP contribution in [-0.2, 0) is 16.1 Å². The lowest BCUT2D eigenvalue weighted by molar-refractivity contribution is -0.143. The van der Waals surface area contributed by atoms with Crippen LogP contribution in [0.2, 0.25) is 5.02 Å². The predicted molar refractivity (Wildman–Crippen MR) is 76.7 cm³/mol. The van der Waals surface area contributed by atoms with E-state index in [1.807, 2.05) is 6.92 Å². The van der Waals surface area contributed by atoms with Crippen LogP contribution in [0, 0.1) is 6.92 Å². The monoisotopic (exact) mass is 310 g/mol. The Kier molecular flexibility index (Phi) is 4.70. The molecule has 112 valence electrons. The average Bonchev–Trinajstić information content (AvgIpc) is 2.80. The molecule has 1 heterocycles. The van der Waals surface area contributed by atoms with Gasteiger partial charge in [-0.25, -0.2) is 4.79 Å². The minimum absolute atomic E-state index is 0.145. The number of carbonyl (C=O) groups is 1. The summed E-state index contributed by atoms with van der Waals surface area (Å²) in [7, 11) is 1.29. The van der Waals surface area contributed by atoms with Crippen LogP contribution in [0.15, 0.2) is 24.3 Å². The SMILES string of the molecule is COC(=O)COc1cc(C)n(Cc2cc(Cl)ccc2O)n1. The molecule has 0 radical (unpaired) electrons. The number of hydrogen-bond acceptors (Lipinski definition) is 5. The number of halogens is 1. The van der Waals surface area contributed by atoms with Gasteiger partial charge >= 0.3 is 5.97 Å². The third-order valence-corrected chi connectivity index (χ3v) is 3.12. The lowest BCUT2D eigenvalue weighted by atomic mass is 10.2. The molecule has 2 aromatic rings. The van der Waals surface area contributed by atoms with Gasteiger partial charge in [-0.2, -0.15) is 0 Å². The second-order valence-corrected chi connectivity index (χ2v) is 4.86. The van der Waals surface area contributed by atoms with Gasteiger partial charge in [-0.1, -0.05) is 11.6 Å². The van der Waals surface area contributed by atoms with E-state index in [0.29, 0.717) is 23.0 Å². The Morgan fingerprint density at radius 2 is 2.19 bits per heavy atom. The fraction of sp³-hybridized carbons (Fsp3) is 0.286. The highest BCUT2D eigenvalue weighted by Gasteiger charge is 2.10. The van der Waals surface area contributed by atoms with Crippen molar-refractivity contribution in [1.82, 2.24) is 9.78 Å². The Morgan fingerprint density at radius 1 is 1.43 bits per heavy atom. The molecule has 21 heavy (non-hydrogen) atoms. The average molecular weight is 311 g/mol. The lowest BCUT2D eigenvalue weighted by Crippen LogP contribution is -2.13. The summed E-state index contributed by atoms with van der Waals surface area (Å²) < 4.78 is 11.4. The fourth-order valence-electron chi connectivity index (χ4n) is 1.74. The van der Waals surface area contributed by atoms with E-state index in [0.717, 1.165) is 5.69 Å². The maximum absolute atomic E-state index is 11.0. The van der Waals surface area contributed by atoms with Crippen molar-refractivity contribution >= 4 is 17.6 Å². The number of benzene rings is 1. The number of nitrogens with zero attached hydrogens (tertiary/aromatic N) is 2. The van der Waals surface area contributed by atoms with Gasteiger partial charge in [0.25, 0.3) is 0 Å². The smallest absolute Gasteiger partial charge is 0.343 e. The number of phenolic OH excluding ortho intramolecular Hbond substituents is 1. The molecule has 0 aliphatic heterocycles. The van der Waals surface area contributed by atoms with Crippen molar-refractivity contribution in [2.45, 2.75) is 13.5 Å². The summed E-state index contributed by atoms with van der Waals surface area (Å²) in [6, 6.07) is 6.52. The quantitative estimate of drug-likeness (QED) is 0.857. The zero-order chi connectivity index (χ0) is 15.4. The van der Waals surface area contributed by atoms with Crippen molar-refractivity contribution < 1.29 is 19.4 Å². The molecule has 1 N–H and O–H groups in total. The number of esters is 1. The lowest BCUT2D eigenvalue weighted by Gasteiger charge is -2.07. The predicted octanol–water partition coefficient (Wildman–Crippen LogP) is 2.15. The zero-order valence-corrected chi connectivity index (χ0v) is 12.4. The number of carbonyl (C=O) groups excluding carboxylic acids is 1. The summed E-state index contributed by atoms with van der Waals surface area (Å²) in [5.41, 5.74) is 1.47. The number of aryl methyl sites for hydroxylation is 1. The second kappa shape index (κ2) is 6.49. The first-order valence-corrected chi connectivity index (χ1v) is 6.59. The molecule has 0 aliphatic rings. The van der Waals surface area contributed by atoms with Gasteiger partial charge in [-0.05, 0) is 25.1 Å². The summed E-state index contributed by atoms with van der Waals surface area (Å²) >= 11 is 5.91. The highest BCUT2D eigenvalue weighted by atomic mass is 35.5. The maximum atomic E-state index is 11.0. The van der Waals surface area contributed by atoms with Gasteiger partial charge in [0.05, 0.1) is 13.7 Å². The van der Waals surface area contributed by atoms with E-state index in [2.05, 4.69) is 9.84 Å². The molecule has 0 spiro atoms. The summed E-state index contributed by atoms with van der Waals surface area (Å²) in [5.74, 6) is -0.0135. The summed E-state index contributed by atoms with van der Waals surface area (Å²) in [4.78, 5) is 11.0. The van der Waals surface area contributed by atoms with Crippen LogP contribution < -0.4 is 4.74 Å². The van der Waals surface area contributed by atoms with E-state index < -0.39 is 5.97 Å². The molecule has 0 amide bonds. The minimum atomic E-state index is -0.477. The Hall–Kier alpha value is -2.21. The van der Waals surface area contributed by atoms with Crippen molar-refractivity contribution in [2.75, 3.05) is 13.7 Å². The molecule has 7 heteroatoms. The molecule has 1 aromatic carbocycles. The van der Waals surface area contributed by atoms with E-state index in [9.17, 15) is 9.90 Å². The molecule has 2 rings (SSSR count). The third-order valence-electron chi connectivity index (χ3n) is 2.89. The maximum Gasteiger partial charge on any atom is 0.343 e. The van der Waals surface area contributed by atoms with Gasteiger partial charge in [0, 0.05) is 22.3 Å². The van der Waals surface area contributed by atoms with Crippen LogP contribution in [0.25, 0.3) is 0 Å². The van der Waals surface area contributed by atoms with Crippen molar-refractivity contribution in [3.8, 4) is 11.6 Å². The molecular formula is C14H15ClN2O4. The van der Waals surface area contributed by atoms with Crippen LogP contribution >= 0.6 is 11.6 Å². The van der Waals surface area contributed by atoms with Crippen molar-refractivity contribution in [2.24, 2.45) is 0 Å². The fourth-order valence-corrected chi connectivity index (χ4v) is 1.94. The topological polar surface area (TPSA) is 73.6 Å². The number of methoxy groups -OCH3 is 1. The Labute approximate surface area is 126 Å². The molecular weight excluding hydrogens is 296 g/mol. The van der Waals surface area contributed by atoms with Crippen molar-refractivity contribution in [3.05, 3.63) is 40.5 Å². The second-order valence-electron chi connectivity index (χ2n) is 4.42. The number of aromatic nitrogens is 2. The molecule has 0 atom stereocenters. The van der Waals surface area contributed by atoms with E-state index in [1.165, 1.54) is 13.2 Å². The molecule has 0 unspecified atom stereocenters. The minimum Gasteiger partial charge on any atom is -0.508 e. The Morgan fingerprint density at radius 3 is 2.90 bits per heavy atom. The van der Waals surface area contributed by atoms with Crippen LogP contribution in [-0.4, -0.2) is 34.6 Å². The third kappa shape index (κ3) is 3.88. The van der Waals surface area contributed by atoms with Crippen LogP contribution in [0.1, 0.15) is 11.3 Å². The molecule has 0 saturated carbocycles. The number of aromatic hydroxyl groups is 1. The van der Waals surface area contributed by atoms with Gasteiger partial charge in [-0.3, -0.25) is 4.68 Å². The van der Waals surface area contributed by atoms with E-state index >= 15 is 0 Å². The standard InChI is InChI=1S/C14H15ClN2O4/c1-9-5-13(21-8-14(19)20-2)16-17(9)7-10-6-11(15)3-4-12(10)18/h3-6,18H,7-8H2,1-2H3. The van der Waals surface area contributed by atoms with Gasteiger partial charge in [-0.15, -0.1) is 5.10 Å². The van der Waals surface area contributed by atoms with Crippen LogP contribution in [0.3, 0.4) is 0 Å². The highest BCUT2D eigenvalue weighted by molar-refractivity contribution is 6.30. The Balaban J connectivity index is 2.12. The first-order chi connectivity index (χ1) is 9.99. The van der Waals surface area contributed by atoms with Crippen LogP contribution in [0.5, 0.6) is 11.6 Å². The first-order valence-electron chi connectivity index (χ1n) is 6.21. The van der Waals surface area contributed by atoms with Crippen LogP contribution in [0.4, 0.5) is 0 Å². The molecule has 0 fully saturated rings. The normalized spacial score (nSPS) is 10.4. The first kappa shape index (κ1) is 15.2. The molecule has 0 saturated heterocycles. The largest absolute Gasteiger partial charge is 0.508 e. The van der Waals surface area contributed by atoms with E-state index in [1.54, 1.807) is 22.9 Å². The molecule has 0 bridgehead atoms. The van der Waals surface area contributed by atoms with E-state index in [4.69, 9.17) is 16.3 Å². The summed E-state index contributed by atoms with van der Waals surface area (Å²) in [6.45, 7) is 1.99. The van der Waals surface area contributed by atoms with E-state index in [-0.39, 0.29) is 12.4 Å². The zero-order valence-electron chi connectivity index (χ0n) is 11.7. The van der Waals surface area contributed by atoms with Gasteiger partial charge < -0.3 is 14.6 Å². The molecule has 0 aliphatic carbocycles. The highest BCUT2D eigenvalue weighted by Crippen LogP contribution is 2.23. The number of hydrogen-bond donors (Lipinski definition) is 1. The van der Waals surface area contributed by atoms with Gasteiger partial charge in [0.1, 0.15) is 5.75 Å². The summed E-state index contributed by atoms with van der Waals surface area (Å²) in [5, 5.41) is 14.6. The molecule has 6 nitrogen and oxygen atoms in total. The Bertz CT molecular complexity index is 654. The summed E-state index contributed by atoms with van der Waals surface area (Å²) in [6.07, 6.45) is 0. The van der Waals surface area contributed by atoms with Gasteiger partial charge in [0.15, 0.2) is 6.61 Å². The van der Waals surface area contributed by atoms with Gasteiger partial charge in [0.2, 0.25) is 5.88 Å². The number of rotatable bonds is 5. The molecule has 1 aromatic heterocycles. The van der Waals surface area contributed by atoms with Crippen molar-refractivity contribution in [3.63, 3.8) is 0 Å². The number of ether oxygens (including phenoxy) is 2.